The maximum Gasteiger partial charge on any atom is 0.410 e. The number of fused-ring (bicyclic) bond motifs is 1. The summed E-state index contributed by atoms with van der Waals surface area (Å²) in [6, 6.07) is 6.48. The van der Waals surface area contributed by atoms with Crippen LogP contribution in [0.1, 0.15) is 32.8 Å². The molecule has 126 valence electrons. The summed E-state index contributed by atoms with van der Waals surface area (Å²) in [6.45, 7) is 9.92. The monoisotopic (exact) mass is 317 g/mol. The van der Waals surface area contributed by atoms with Crippen LogP contribution in [0.4, 0.5) is 16.2 Å². The Balaban J connectivity index is 1.65. The van der Waals surface area contributed by atoms with Gasteiger partial charge in [0.25, 0.3) is 0 Å². The predicted octanol–water partition coefficient (Wildman–Crippen LogP) is 3.10. The molecule has 1 aromatic rings. The standard InChI is InChI=1S/C18H27N3O2/c1-18(2,3)23-17(22)21-12-10-20(11-13-21)16-8-4-7-15-14(16)6-5-9-19-15/h4,7-8,19H,5-6,9-13H2,1-3H3. The van der Waals surface area contributed by atoms with E-state index in [1.165, 1.54) is 23.4 Å². The van der Waals surface area contributed by atoms with Crippen molar-refractivity contribution in [1.29, 1.82) is 0 Å². The highest BCUT2D eigenvalue weighted by Gasteiger charge is 2.27. The maximum absolute atomic E-state index is 12.2. The van der Waals surface area contributed by atoms with Crippen molar-refractivity contribution in [3.63, 3.8) is 0 Å². The van der Waals surface area contributed by atoms with Crippen LogP contribution in [0.3, 0.4) is 0 Å². The van der Waals surface area contributed by atoms with Crippen LogP contribution < -0.4 is 10.2 Å². The number of amides is 1. The molecule has 0 bridgehead atoms. The van der Waals surface area contributed by atoms with Crippen LogP contribution in [0.25, 0.3) is 0 Å². The molecule has 0 saturated carbocycles. The molecule has 0 radical (unpaired) electrons. The molecular formula is C18H27N3O2. The minimum atomic E-state index is -0.432. The van der Waals surface area contributed by atoms with Gasteiger partial charge in [-0.3, -0.25) is 0 Å². The van der Waals surface area contributed by atoms with E-state index in [0.717, 1.165) is 26.1 Å². The minimum absolute atomic E-state index is 0.200. The highest BCUT2D eigenvalue weighted by atomic mass is 16.6. The predicted molar refractivity (Wildman–Crippen MR) is 93.3 cm³/mol. The zero-order chi connectivity index (χ0) is 16.4. The van der Waals surface area contributed by atoms with E-state index in [1.807, 2.05) is 25.7 Å². The quantitative estimate of drug-likeness (QED) is 0.864. The summed E-state index contributed by atoms with van der Waals surface area (Å²) in [4.78, 5) is 16.4. The van der Waals surface area contributed by atoms with Gasteiger partial charge in [0, 0.05) is 44.1 Å². The Kier molecular flexibility index (Phi) is 4.37. The third kappa shape index (κ3) is 3.71. The van der Waals surface area contributed by atoms with Gasteiger partial charge in [-0.1, -0.05) is 6.07 Å². The van der Waals surface area contributed by atoms with E-state index >= 15 is 0 Å². The number of carbonyl (C=O) groups is 1. The molecule has 5 heteroatoms. The molecule has 3 rings (SSSR count). The number of anilines is 2. The van der Waals surface area contributed by atoms with E-state index in [4.69, 9.17) is 4.74 Å². The number of carbonyl (C=O) groups excluding carboxylic acids is 1. The van der Waals surface area contributed by atoms with Gasteiger partial charge in [0.05, 0.1) is 0 Å². The van der Waals surface area contributed by atoms with Gasteiger partial charge in [-0.05, 0) is 51.3 Å². The molecule has 1 N–H and O–H groups in total. The van der Waals surface area contributed by atoms with Crippen molar-refractivity contribution < 1.29 is 9.53 Å². The van der Waals surface area contributed by atoms with Gasteiger partial charge in [0.15, 0.2) is 0 Å². The molecular weight excluding hydrogens is 290 g/mol. The molecule has 0 aliphatic carbocycles. The average molecular weight is 317 g/mol. The Morgan fingerprint density at radius 1 is 1.17 bits per heavy atom. The van der Waals surface area contributed by atoms with Gasteiger partial charge in [-0.15, -0.1) is 0 Å². The minimum Gasteiger partial charge on any atom is -0.444 e. The van der Waals surface area contributed by atoms with Crippen LogP contribution in [0.15, 0.2) is 18.2 Å². The smallest absolute Gasteiger partial charge is 0.410 e. The second kappa shape index (κ2) is 6.30. The highest BCUT2D eigenvalue weighted by Crippen LogP contribution is 2.32. The lowest BCUT2D eigenvalue weighted by Gasteiger charge is -2.38. The van der Waals surface area contributed by atoms with Gasteiger partial charge in [0.1, 0.15) is 5.60 Å². The molecule has 1 fully saturated rings. The van der Waals surface area contributed by atoms with E-state index in [2.05, 4.69) is 28.4 Å². The van der Waals surface area contributed by atoms with Crippen LogP contribution in [-0.2, 0) is 11.2 Å². The van der Waals surface area contributed by atoms with Crippen molar-refractivity contribution in [2.75, 3.05) is 42.9 Å². The lowest BCUT2D eigenvalue weighted by atomic mass is 10.0. The Morgan fingerprint density at radius 3 is 2.61 bits per heavy atom. The van der Waals surface area contributed by atoms with Crippen LogP contribution in [0.2, 0.25) is 0 Å². The molecule has 0 spiro atoms. The first-order chi connectivity index (χ1) is 10.9. The van der Waals surface area contributed by atoms with Gasteiger partial charge in [-0.2, -0.15) is 0 Å². The van der Waals surface area contributed by atoms with Crippen molar-refractivity contribution in [2.24, 2.45) is 0 Å². The first-order valence-corrected chi connectivity index (χ1v) is 8.53. The zero-order valence-corrected chi connectivity index (χ0v) is 14.4. The normalized spacial score (nSPS) is 18.2. The van der Waals surface area contributed by atoms with Gasteiger partial charge < -0.3 is 19.9 Å². The molecule has 5 nitrogen and oxygen atoms in total. The fourth-order valence-corrected chi connectivity index (χ4v) is 3.24. The molecule has 2 heterocycles. The summed E-state index contributed by atoms with van der Waals surface area (Å²) in [5.41, 5.74) is 3.57. The average Bonchev–Trinajstić information content (AvgIpc) is 2.53. The first kappa shape index (κ1) is 16.0. The fraction of sp³-hybridized carbons (Fsp3) is 0.611. The number of piperazine rings is 1. The Bertz CT molecular complexity index is 572. The van der Waals surface area contributed by atoms with E-state index in [-0.39, 0.29) is 6.09 Å². The van der Waals surface area contributed by atoms with Crippen LogP contribution in [0, 0.1) is 0 Å². The van der Waals surface area contributed by atoms with E-state index in [1.54, 1.807) is 0 Å². The largest absolute Gasteiger partial charge is 0.444 e. The van der Waals surface area contributed by atoms with Crippen molar-refractivity contribution in [2.45, 2.75) is 39.2 Å². The zero-order valence-electron chi connectivity index (χ0n) is 14.4. The summed E-state index contributed by atoms with van der Waals surface area (Å²) in [6.07, 6.45) is 2.11. The number of hydrogen-bond acceptors (Lipinski definition) is 4. The summed E-state index contributed by atoms with van der Waals surface area (Å²) in [5, 5.41) is 3.48. The highest BCUT2D eigenvalue weighted by molar-refractivity contribution is 5.70. The van der Waals surface area contributed by atoms with Crippen molar-refractivity contribution in [3.8, 4) is 0 Å². The van der Waals surface area contributed by atoms with Crippen molar-refractivity contribution in [3.05, 3.63) is 23.8 Å². The number of hydrogen-bond donors (Lipinski definition) is 1. The van der Waals surface area contributed by atoms with Crippen molar-refractivity contribution >= 4 is 17.5 Å². The van der Waals surface area contributed by atoms with Crippen molar-refractivity contribution in [1.82, 2.24) is 4.90 Å². The molecule has 1 amide bonds. The second-order valence-corrected chi connectivity index (χ2v) is 7.29. The fourth-order valence-electron chi connectivity index (χ4n) is 3.24. The second-order valence-electron chi connectivity index (χ2n) is 7.29. The molecule has 1 aromatic carbocycles. The third-order valence-electron chi connectivity index (χ3n) is 4.34. The Labute approximate surface area is 138 Å². The summed E-state index contributed by atoms with van der Waals surface area (Å²) < 4.78 is 5.47. The summed E-state index contributed by atoms with van der Waals surface area (Å²) in [7, 11) is 0. The van der Waals surface area contributed by atoms with Gasteiger partial charge in [-0.25, -0.2) is 4.79 Å². The van der Waals surface area contributed by atoms with Gasteiger partial charge in [0.2, 0.25) is 0 Å². The molecule has 0 unspecified atom stereocenters. The molecule has 2 aliphatic rings. The topological polar surface area (TPSA) is 44.8 Å². The Hall–Kier alpha value is -1.91. The maximum atomic E-state index is 12.2. The third-order valence-corrected chi connectivity index (χ3v) is 4.34. The first-order valence-electron chi connectivity index (χ1n) is 8.53. The van der Waals surface area contributed by atoms with Crippen LogP contribution >= 0.6 is 0 Å². The molecule has 0 aromatic heterocycles. The SMILES string of the molecule is CC(C)(C)OC(=O)N1CCN(c2cccc3c2CCCN3)CC1. The molecule has 23 heavy (non-hydrogen) atoms. The van der Waals surface area contributed by atoms with Crippen LogP contribution in [-0.4, -0.2) is 49.3 Å². The summed E-state index contributed by atoms with van der Waals surface area (Å²) in [5.74, 6) is 0. The lowest BCUT2D eigenvalue weighted by Crippen LogP contribution is -2.50. The number of rotatable bonds is 1. The molecule has 2 aliphatic heterocycles. The number of nitrogens with one attached hydrogen (secondary N) is 1. The van der Waals surface area contributed by atoms with E-state index in [0.29, 0.717) is 13.1 Å². The number of ether oxygens (including phenoxy) is 1. The Morgan fingerprint density at radius 2 is 1.91 bits per heavy atom. The number of benzene rings is 1. The molecule has 1 saturated heterocycles. The van der Waals surface area contributed by atoms with E-state index in [9.17, 15) is 4.79 Å². The van der Waals surface area contributed by atoms with Gasteiger partial charge >= 0.3 is 6.09 Å². The van der Waals surface area contributed by atoms with E-state index < -0.39 is 5.60 Å². The van der Waals surface area contributed by atoms with Crippen LogP contribution in [0.5, 0.6) is 0 Å². The lowest BCUT2D eigenvalue weighted by molar-refractivity contribution is 0.0240. The molecule has 0 atom stereocenters. The number of nitrogens with zero attached hydrogens (tertiary/aromatic N) is 2. The summed E-state index contributed by atoms with van der Waals surface area (Å²) >= 11 is 0.